The Kier molecular flexibility index (Phi) is 6.32. The third kappa shape index (κ3) is 4.48. The lowest BCUT2D eigenvalue weighted by Gasteiger charge is -2.14. The van der Waals surface area contributed by atoms with E-state index in [1.807, 2.05) is 46.5 Å². The van der Waals surface area contributed by atoms with E-state index in [1.54, 1.807) is 6.20 Å². The molecule has 0 saturated heterocycles. The molecule has 0 aliphatic heterocycles. The Morgan fingerprint density at radius 1 is 1.30 bits per heavy atom. The van der Waals surface area contributed by atoms with Gasteiger partial charge in [-0.3, -0.25) is 9.36 Å². The molecular formula is C22H26N6OS. The Labute approximate surface area is 180 Å². The zero-order valence-electron chi connectivity index (χ0n) is 17.1. The maximum Gasteiger partial charge on any atom is 0.235 e. The van der Waals surface area contributed by atoms with E-state index in [0.29, 0.717) is 17.7 Å². The highest BCUT2D eigenvalue weighted by molar-refractivity contribution is 7.99. The second-order valence-corrected chi connectivity index (χ2v) is 8.45. The zero-order valence-corrected chi connectivity index (χ0v) is 17.9. The summed E-state index contributed by atoms with van der Waals surface area (Å²) in [5.41, 5.74) is 2.16. The summed E-state index contributed by atoms with van der Waals surface area (Å²) < 4.78 is 3.94. The van der Waals surface area contributed by atoms with Crippen molar-refractivity contribution in [2.45, 2.75) is 50.4 Å². The molecule has 1 saturated carbocycles. The second kappa shape index (κ2) is 9.30. The van der Waals surface area contributed by atoms with Gasteiger partial charge in [-0.1, -0.05) is 54.4 Å². The Balaban J connectivity index is 1.44. The second-order valence-electron chi connectivity index (χ2n) is 7.51. The third-order valence-corrected chi connectivity index (χ3v) is 6.21. The summed E-state index contributed by atoms with van der Waals surface area (Å²) in [5.74, 6) is 1.71. The highest BCUT2D eigenvalue weighted by Gasteiger charge is 2.21. The van der Waals surface area contributed by atoms with Crippen molar-refractivity contribution in [1.82, 2.24) is 24.5 Å². The highest BCUT2D eigenvalue weighted by atomic mass is 32.2. The van der Waals surface area contributed by atoms with Crippen molar-refractivity contribution in [3.05, 3.63) is 54.7 Å². The molecule has 0 bridgehead atoms. The first-order chi connectivity index (χ1) is 14.7. The van der Waals surface area contributed by atoms with Crippen LogP contribution in [0.2, 0.25) is 0 Å². The van der Waals surface area contributed by atoms with Crippen molar-refractivity contribution in [3.8, 4) is 11.4 Å². The Bertz CT molecular complexity index is 1030. The van der Waals surface area contributed by atoms with Gasteiger partial charge in [-0.25, -0.2) is 4.68 Å². The average molecular weight is 423 g/mol. The monoisotopic (exact) mass is 422 g/mol. The molecule has 1 amide bonds. The number of rotatable bonds is 8. The topological polar surface area (TPSA) is 77.6 Å². The number of amides is 1. The molecule has 2 aromatic heterocycles. The van der Waals surface area contributed by atoms with Crippen LogP contribution in [0.25, 0.3) is 11.4 Å². The van der Waals surface area contributed by atoms with Gasteiger partial charge in [0.15, 0.2) is 11.0 Å². The number of hydrogen-bond donors (Lipinski definition) is 1. The number of thioether (sulfide) groups is 1. The lowest BCUT2D eigenvalue weighted by Crippen LogP contribution is -2.19. The molecule has 0 atom stereocenters. The van der Waals surface area contributed by atoms with E-state index in [4.69, 9.17) is 0 Å². The van der Waals surface area contributed by atoms with Crippen molar-refractivity contribution in [2.24, 2.45) is 0 Å². The van der Waals surface area contributed by atoms with Crippen LogP contribution in [-0.2, 0) is 11.3 Å². The lowest BCUT2D eigenvalue weighted by atomic mass is 10.1. The van der Waals surface area contributed by atoms with Gasteiger partial charge in [-0.2, -0.15) is 5.10 Å². The number of aromatic nitrogens is 5. The summed E-state index contributed by atoms with van der Waals surface area (Å²) in [6.07, 6.45) is 8.23. The number of anilines is 1. The van der Waals surface area contributed by atoms with E-state index < -0.39 is 0 Å². The standard InChI is InChI=1S/C22H26N6OS/c1-3-13-27-21(17-8-6-7-16(2)14-17)25-26-22(27)30-15-20(29)24-19-11-12-23-28(19)18-9-4-5-10-18/h3,6-8,11-12,14,18H,1,4-5,9-10,13,15H2,2H3,(H,24,29). The van der Waals surface area contributed by atoms with Crippen LogP contribution >= 0.6 is 11.8 Å². The quantitative estimate of drug-likeness (QED) is 0.428. The van der Waals surface area contributed by atoms with E-state index in [9.17, 15) is 4.79 Å². The summed E-state index contributed by atoms with van der Waals surface area (Å²) in [6.45, 7) is 6.47. The minimum Gasteiger partial charge on any atom is -0.310 e. The van der Waals surface area contributed by atoms with Crippen molar-refractivity contribution >= 4 is 23.5 Å². The molecule has 1 aliphatic carbocycles. The number of hydrogen-bond acceptors (Lipinski definition) is 5. The maximum absolute atomic E-state index is 12.6. The van der Waals surface area contributed by atoms with E-state index in [2.05, 4.69) is 33.3 Å². The van der Waals surface area contributed by atoms with Crippen LogP contribution < -0.4 is 5.32 Å². The molecule has 0 spiro atoms. The number of aryl methyl sites for hydroxylation is 1. The van der Waals surface area contributed by atoms with E-state index in [1.165, 1.54) is 24.6 Å². The van der Waals surface area contributed by atoms with Crippen LogP contribution in [0.5, 0.6) is 0 Å². The van der Waals surface area contributed by atoms with Gasteiger partial charge >= 0.3 is 0 Å². The number of benzene rings is 1. The van der Waals surface area contributed by atoms with Crippen LogP contribution in [0.1, 0.15) is 37.3 Å². The van der Waals surface area contributed by atoms with Gasteiger partial charge < -0.3 is 5.32 Å². The third-order valence-electron chi connectivity index (χ3n) is 5.25. The van der Waals surface area contributed by atoms with Gasteiger partial charge in [-0.05, 0) is 25.8 Å². The normalized spacial score (nSPS) is 14.2. The number of carbonyl (C=O) groups excluding carboxylic acids is 1. The van der Waals surface area contributed by atoms with Crippen LogP contribution in [0.15, 0.2) is 54.3 Å². The molecule has 156 valence electrons. The van der Waals surface area contributed by atoms with Gasteiger partial charge in [0.05, 0.1) is 18.0 Å². The molecule has 0 unspecified atom stereocenters. The maximum atomic E-state index is 12.6. The molecule has 2 heterocycles. The summed E-state index contributed by atoms with van der Waals surface area (Å²) in [5, 5.41) is 16.8. The predicted molar refractivity (Wildman–Crippen MR) is 119 cm³/mol. The van der Waals surface area contributed by atoms with Crippen molar-refractivity contribution in [3.63, 3.8) is 0 Å². The van der Waals surface area contributed by atoms with Crippen LogP contribution in [0, 0.1) is 6.92 Å². The van der Waals surface area contributed by atoms with Crippen molar-refractivity contribution in [2.75, 3.05) is 11.1 Å². The van der Waals surface area contributed by atoms with Gasteiger partial charge in [-0.15, -0.1) is 16.8 Å². The molecule has 7 nitrogen and oxygen atoms in total. The van der Waals surface area contributed by atoms with Gasteiger partial charge in [0.1, 0.15) is 5.82 Å². The van der Waals surface area contributed by atoms with Crippen molar-refractivity contribution < 1.29 is 4.79 Å². The fraction of sp³-hybridized carbons (Fsp3) is 0.364. The molecule has 3 aromatic rings. The van der Waals surface area contributed by atoms with E-state index >= 15 is 0 Å². The number of allylic oxidation sites excluding steroid dienone is 1. The summed E-state index contributed by atoms with van der Waals surface area (Å²) in [4.78, 5) is 12.6. The van der Waals surface area contributed by atoms with Gasteiger partial charge in [0.25, 0.3) is 0 Å². The van der Waals surface area contributed by atoms with Crippen LogP contribution in [0.4, 0.5) is 5.82 Å². The van der Waals surface area contributed by atoms with Crippen LogP contribution in [-0.4, -0.2) is 36.2 Å². The molecule has 4 rings (SSSR count). The largest absolute Gasteiger partial charge is 0.310 e. The summed E-state index contributed by atoms with van der Waals surface area (Å²) in [6, 6.07) is 10.4. The van der Waals surface area contributed by atoms with Crippen LogP contribution in [0.3, 0.4) is 0 Å². The van der Waals surface area contributed by atoms with Gasteiger partial charge in [0, 0.05) is 18.2 Å². The molecule has 1 fully saturated rings. The number of nitrogens with zero attached hydrogens (tertiary/aromatic N) is 5. The molecule has 1 aromatic carbocycles. The van der Waals surface area contributed by atoms with E-state index in [-0.39, 0.29) is 11.7 Å². The first kappa shape index (κ1) is 20.4. The molecule has 8 heteroatoms. The average Bonchev–Trinajstić information content (AvgIpc) is 3.48. The Hall–Kier alpha value is -2.87. The summed E-state index contributed by atoms with van der Waals surface area (Å²) in [7, 11) is 0. The fourth-order valence-corrected chi connectivity index (χ4v) is 4.60. The molecule has 1 N–H and O–H groups in total. The first-order valence-electron chi connectivity index (χ1n) is 10.2. The predicted octanol–water partition coefficient (Wildman–Crippen LogP) is 4.48. The Morgan fingerprint density at radius 2 is 2.13 bits per heavy atom. The molecule has 1 aliphatic rings. The molecular weight excluding hydrogens is 396 g/mol. The SMILES string of the molecule is C=CCn1c(SCC(=O)Nc2ccnn2C2CCCC2)nnc1-c1cccc(C)c1. The smallest absolute Gasteiger partial charge is 0.235 e. The Morgan fingerprint density at radius 3 is 2.90 bits per heavy atom. The number of nitrogens with one attached hydrogen (secondary N) is 1. The van der Waals surface area contributed by atoms with Gasteiger partial charge in [0.2, 0.25) is 5.91 Å². The highest BCUT2D eigenvalue weighted by Crippen LogP contribution is 2.31. The fourth-order valence-electron chi connectivity index (χ4n) is 3.85. The minimum absolute atomic E-state index is 0.0787. The first-order valence-corrected chi connectivity index (χ1v) is 11.2. The number of carbonyl (C=O) groups is 1. The summed E-state index contributed by atoms with van der Waals surface area (Å²) >= 11 is 1.37. The minimum atomic E-state index is -0.0787. The molecule has 0 radical (unpaired) electrons. The molecule has 30 heavy (non-hydrogen) atoms. The van der Waals surface area contributed by atoms with E-state index in [0.717, 1.165) is 35.6 Å². The van der Waals surface area contributed by atoms with Crippen molar-refractivity contribution in [1.29, 1.82) is 0 Å². The lowest BCUT2D eigenvalue weighted by molar-refractivity contribution is -0.113. The zero-order chi connectivity index (χ0) is 20.9.